The predicted octanol–water partition coefficient (Wildman–Crippen LogP) is 4.97. The van der Waals surface area contributed by atoms with E-state index >= 15 is 0 Å². The molecule has 1 unspecified atom stereocenters. The van der Waals surface area contributed by atoms with Gasteiger partial charge in [-0.2, -0.15) is 0 Å². The zero-order valence-corrected chi connectivity index (χ0v) is 13.7. The van der Waals surface area contributed by atoms with E-state index in [4.69, 9.17) is 0 Å². The average molecular weight is 342 g/mol. The maximum Gasteiger partial charge on any atom is 0.137 e. The molecule has 0 aliphatic carbocycles. The Kier molecular flexibility index (Phi) is 4.76. The summed E-state index contributed by atoms with van der Waals surface area (Å²) in [4.78, 5) is 2.57. The Balaban J connectivity index is 2.44. The number of aryl methyl sites for hydroxylation is 2. The molecule has 0 saturated carbocycles. The van der Waals surface area contributed by atoms with Crippen LogP contribution >= 0.6 is 27.3 Å². The van der Waals surface area contributed by atoms with Crippen LogP contribution in [0.3, 0.4) is 0 Å². The van der Waals surface area contributed by atoms with Crippen LogP contribution in [0.1, 0.15) is 33.8 Å². The summed E-state index contributed by atoms with van der Waals surface area (Å²) in [6.07, 6.45) is 0. The standard InChI is InChI=1S/C15H17BrFNS/c1-4-18-15(12-7-9(2)19-10(12)3)11-5-6-13(16)14(17)8-11/h5-8,15,18H,4H2,1-3H3. The third kappa shape index (κ3) is 3.25. The second-order valence-electron chi connectivity index (χ2n) is 4.53. The minimum absolute atomic E-state index is 0.0533. The van der Waals surface area contributed by atoms with Crippen LogP contribution in [0.4, 0.5) is 4.39 Å². The second-order valence-corrected chi connectivity index (χ2v) is 6.85. The quantitative estimate of drug-likeness (QED) is 0.828. The number of hydrogen-bond donors (Lipinski definition) is 1. The van der Waals surface area contributed by atoms with Crippen molar-refractivity contribution in [1.82, 2.24) is 5.32 Å². The van der Waals surface area contributed by atoms with Gasteiger partial charge in [0.1, 0.15) is 5.82 Å². The topological polar surface area (TPSA) is 12.0 Å². The Hall–Kier alpha value is -0.710. The molecule has 19 heavy (non-hydrogen) atoms. The van der Waals surface area contributed by atoms with E-state index in [0.717, 1.165) is 12.1 Å². The van der Waals surface area contributed by atoms with E-state index in [1.807, 2.05) is 6.07 Å². The Morgan fingerprint density at radius 1 is 1.32 bits per heavy atom. The molecule has 1 aromatic heterocycles. The lowest BCUT2D eigenvalue weighted by atomic mass is 9.99. The molecule has 1 nitrogen and oxygen atoms in total. The Morgan fingerprint density at radius 3 is 2.58 bits per heavy atom. The third-order valence-electron chi connectivity index (χ3n) is 3.08. The minimum Gasteiger partial charge on any atom is -0.306 e. The molecule has 4 heteroatoms. The molecule has 0 amide bonds. The van der Waals surface area contributed by atoms with Gasteiger partial charge in [-0.25, -0.2) is 4.39 Å². The molecule has 0 aliphatic rings. The highest BCUT2D eigenvalue weighted by molar-refractivity contribution is 9.10. The molecule has 0 saturated heterocycles. The number of rotatable bonds is 4. The third-order valence-corrected chi connectivity index (χ3v) is 4.70. The molecular weight excluding hydrogens is 325 g/mol. The van der Waals surface area contributed by atoms with E-state index in [-0.39, 0.29) is 11.9 Å². The smallest absolute Gasteiger partial charge is 0.137 e. The summed E-state index contributed by atoms with van der Waals surface area (Å²) in [6, 6.07) is 7.57. The van der Waals surface area contributed by atoms with Crippen molar-refractivity contribution in [2.24, 2.45) is 0 Å². The summed E-state index contributed by atoms with van der Waals surface area (Å²) in [7, 11) is 0. The van der Waals surface area contributed by atoms with Crippen molar-refractivity contribution in [3.8, 4) is 0 Å². The van der Waals surface area contributed by atoms with E-state index in [2.05, 4.69) is 48.1 Å². The molecule has 0 spiro atoms. The number of hydrogen-bond acceptors (Lipinski definition) is 2. The van der Waals surface area contributed by atoms with E-state index in [1.54, 1.807) is 23.5 Å². The largest absolute Gasteiger partial charge is 0.306 e. The summed E-state index contributed by atoms with van der Waals surface area (Å²) >= 11 is 4.98. The summed E-state index contributed by atoms with van der Waals surface area (Å²) in [6.45, 7) is 7.13. The SMILES string of the molecule is CCNC(c1ccc(Br)c(F)c1)c1cc(C)sc1C. The molecule has 1 N–H and O–H groups in total. The van der Waals surface area contributed by atoms with E-state index in [9.17, 15) is 4.39 Å². The molecule has 0 radical (unpaired) electrons. The Labute approximate surface area is 126 Å². The van der Waals surface area contributed by atoms with Crippen LogP contribution in [0.25, 0.3) is 0 Å². The predicted molar refractivity (Wildman–Crippen MR) is 83.4 cm³/mol. The zero-order chi connectivity index (χ0) is 14.0. The summed E-state index contributed by atoms with van der Waals surface area (Å²) < 4.78 is 14.2. The van der Waals surface area contributed by atoms with Crippen LogP contribution in [-0.2, 0) is 0 Å². The lowest BCUT2D eigenvalue weighted by Gasteiger charge is -2.19. The monoisotopic (exact) mass is 341 g/mol. The first-order valence-electron chi connectivity index (χ1n) is 6.28. The first-order chi connectivity index (χ1) is 9.02. The van der Waals surface area contributed by atoms with Crippen LogP contribution in [0.5, 0.6) is 0 Å². The number of benzene rings is 1. The fraction of sp³-hybridized carbons (Fsp3) is 0.333. The van der Waals surface area contributed by atoms with E-state index < -0.39 is 0 Å². The van der Waals surface area contributed by atoms with Gasteiger partial charge in [-0.1, -0.05) is 13.0 Å². The van der Waals surface area contributed by atoms with Gasteiger partial charge in [-0.3, -0.25) is 0 Å². The highest BCUT2D eigenvalue weighted by Gasteiger charge is 2.18. The maximum absolute atomic E-state index is 13.7. The van der Waals surface area contributed by atoms with Crippen molar-refractivity contribution in [2.45, 2.75) is 26.8 Å². The van der Waals surface area contributed by atoms with Gasteiger partial charge in [0, 0.05) is 9.75 Å². The van der Waals surface area contributed by atoms with Crippen LogP contribution in [0.15, 0.2) is 28.7 Å². The van der Waals surface area contributed by atoms with Gasteiger partial charge in [0.25, 0.3) is 0 Å². The van der Waals surface area contributed by atoms with Crippen molar-refractivity contribution in [1.29, 1.82) is 0 Å². The lowest BCUT2D eigenvalue weighted by molar-refractivity contribution is 0.598. The molecule has 2 rings (SSSR count). The van der Waals surface area contributed by atoms with Crippen LogP contribution in [0.2, 0.25) is 0 Å². The van der Waals surface area contributed by atoms with Gasteiger partial charge in [0.15, 0.2) is 0 Å². The van der Waals surface area contributed by atoms with E-state index in [0.29, 0.717) is 4.47 Å². The molecule has 1 aromatic carbocycles. The molecule has 102 valence electrons. The first-order valence-corrected chi connectivity index (χ1v) is 7.89. The van der Waals surface area contributed by atoms with E-state index in [1.165, 1.54) is 15.3 Å². The second kappa shape index (κ2) is 6.16. The normalized spacial score (nSPS) is 12.7. The molecule has 1 atom stereocenters. The summed E-state index contributed by atoms with van der Waals surface area (Å²) in [5.74, 6) is -0.218. The van der Waals surface area contributed by atoms with Crippen LogP contribution in [0, 0.1) is 19.7 Å². The Bertz CT molecular complexity index is 580. The molecule has 2 aromatic rings. The van der Waals surface area contributed by atoms with Gasteiger partial charge < -0.3 is 5.32 Å². The minimum atomic E-state index is -0.218. The van der Waals surface area contributed by atoms with Gasteiger partial charge in [0.2, 0.25) is 0 Å². The fourth-order valence-corrected chi connectivity index (χ4v) is 3.45. The van der Waals surface area contributed by atoms with Gasteiger partial charge in [0.05, 0.1) is 10.5 Å². The van der Waals surface area contributed by atoms with Crippen LogP contribution < -0.4 is 5.32 Å². The molecule has 0 fully saturated rings. The number of thiophene rings is 1. The first kappa shape index (κ1) is 14.7. The Morgan fingerprint density at radius 2 is 2.05 bits per heavy atom. The highest BCUT2D eigenvalue weighted by Crippen LogP contribution is 2.31. The van der Waals surface area contributed by atoms with Crippen LogP contribution in [-0.4, -0.2) is 6.54 Å². The molecule has 0 aliphatic heterocycles. The average Bonchev–Trinajstić information content (AvgIpc) is 2.69. The van der Waals surface area contributed by atoms with Crippen molar-refractivity contribution >= 4 is 27.3 Å². The zero-order valence-electron chi connectivity index (χ0n) is 11.3. The fourth-order valence-electron chi connectivity index (χ4n) is 2.24. The summed E-state index contributed by atoms with van der Waals surface area (Å²) in [5, 5.41) is 3.44. The summed E-state index contributed by atoms with van der Waals surface area (Å²) in [5.41, 5.74) is 2.20. The van der Waals surface area contributed by atoms with Crippen molar-refractivity contribution < 1.29 is 4.39 Å². The van der Waals surface area contributed by atoms with Crippen molar-refractivity contribution in [2.75, 3.05) is 6.54 Å². The number of halogens is 2. The molecule has 1 heterocycles. The van der Waals surface area contributed by atoms with Crippen molar-refractivity contribution in [3.05, 3.63) is 55.4 Å². The maximum atomic E-state index is 13.7. The van der Waals surface area contributed by atoms with Gasteiger partial charge in [-0.05, 0) is 65.6 Å². The molecule has 0 bridgehead atoms. The van der Waals surface area contributed by atoms with Crippen molar-refractivity contribution in [3.63, 3.8) is 0 Å². The van der Waals surface area contributed by atoms with Gasteiger partial charge in [-0.15, -0.1) is 11.3 Å². The molecular formula is C15H17BrFNS. The van der Waals surface area contributed by atoms with Gasteiger partial charge >= 0.3 is 0 Å². The number of nitrogens with one attached hydrogen (secondary N) is 1. The highest BCUT2D eigenvalue weighted by atomic mass is 79.9. The lowest BCUT2D eigenvalue weighted by Crippen LogP contribution is -2.22.